The normalized spacial score (nSPS) is 13.9. The number of aromatic hydroxyl groups is 1. The third kappa shape index (κ3) is 12.3. The maximum atomic E-state index is 13.3. The number of hydrogen-bond donors (Lipinski definition) is 8. The van der Waals surface area contributed by atoms with E-state index in [4.69, 9.17) is 5.11 Å². The SMILES string of the molecule is CC(=O)NC(CO)C(=O)NC(Cc1ccc(O)cc1)C(=O)NC(CCC(=O)O)C(=O)NC(CC(C)C)C(=O)O. The van der Waals surface area contributed by atoms with Crippen LogP contribution in [-0.2, 0) is 35.2 Å². The van der Waals surface area contributed by atoms with E-state index >= 15 is 0 Å². The number of phenolic OH excluding ortho intramolecular Hbond substituents is 1. The summed E-state index contributed by atoms with van der Waals surface area (Å²) in [5.74, 6) is -6.03. The van der Waals surface area contributed by atoms with Gasteiger partial charge in [0.1, 0.15) is 29.9 Å². The molecule has 14 heteroatoms. The third-order valence-corrected chi connectivity index (χ3v) is 5.49. The summed E-state index contributed by atoms with van der Waals surface area (Å²) in [6, 6.07) is 0.192. The second-order valence-corrected chi connectivity index (χ2v) is 9.39. The lowest BCUT2D eigenvalue weighted by molar-refractivity contribution is -0.143. The Labute approximate surface area is 225 Å². The van der Waals surface area contributed by atoms with Gasteiger partial charge in [0, 0.05) is 19.8 Å². The molecule has 0 fully saturated rings. The van der Waals surface area contributed by atoms with Crippen molar-refractivity contribution in [3.05, 3.63) is 29.8 Å². The molecular formula is C25H36N4O10. The Morgan fingerprint density at radius 3 is 1.77 bits per heavy atom. The van der Waals surface area contributed by atoms with Crippen LogP contribution in [0.15, 0.2) is 24.3 Å². The summed E-state index contributed by atoms with van der Waals surface area (Å²) in [6.45, 7) is 3.87. The number of rotatable bonds is 16. The number of benzene rings is 1. The highest BCUT2D eigenvalue weighted by atomic mass is 16.4. The number of nitrogens with one attached hydrogen (secondary N) is 4. The predicted octanol–water partition coefficient (Wildman–Crippen LogP) is -1.12. The first-order valence-corrected chi connectivity index (χ1v) is 12.2. The van der Waals surface area contributed by atoms with Gasteiger partial charge in [-0.25, -0.2) is 4.79 Å². The number of phenols is 1. The first-order chi connectivity index (χ1) is 18.2. The van der Waals surface area contributed by atoms with Crippen molar-refractivity contribution in [3.63, 3.8) is 0 Å². The number of aliphatic hydroxyl groups excluding tert-OH is 1. The van der Waals surface area contributed by atoms with Gasteiger partial charge in [0.15, 0.2) is 0 Å². The van der Waals surface area contributed by atoms with Gasteiger partial charge in [-0.05, 0) is 36.5 Å². The van der Waals surface area contributed by atoms with Crippen LogP contribution in [0.4, 0.5) is 0 Å². The van der Waals surface area contributed by atoms with Gasteiger partial charge < -0.3 is 41.7 Å². The van der Waals surface area contributed by atoms with Gasteiger partial charge in [-0.2, -0.15) is 0 Å². The first-order valence-electron chi connectivity index (χ1n) is 12.2. The second kappa shape index (κ2) is 15.9. The molecule has 0 bridgehead atoms. The molecule has 0 aromatic heterocycles. The van der Waals surface area contributed by atoms with Crippen LogP contribution in [0.25, 0.3) is 0 Å². The van der Waals surface area contributed by atoms with Crippen LogP contribution < -0.4 is 21.3 Å². The highest BCUT2D eigenvalue weighted by Gasteiger charge is 2.31. The van der Waals surface area contributed by atoms with Crippen molar-refractivity contribution in [2.75, 3.05) is 6.61 Å². The number of aliphatic hydroxyl groups is 1. The molecule has 4 amide bonds. The van der Waals surface area contributed by atoms with E-state index in [0.717, 1.165) is 6.92 Å². The lowest BCUT2D eigenvalue weighted by atomic mass is 10.0. The molecule has 4 atom stereocenters. The fourth-order valence-electron chi connectivity index (χ4n) is 3.56. The van der Waals surface area contributed by atoms with Gasteiger partial charge in [0.05, 0.1) is 6.61 Å². The summed E-state index contributed by atoms with van der Waals surface area (Å²) in [7, 11) is 0. The Morgan fingerprint density at radius 1 is 0.769 bits per heavy atom. The average Bonchev–Trinajstić information content (AvgIpc) is 2.84. The van der Waals surface area contributed by atoms with Crippen molar-refractivity contribution in [1.29, 1.82) is 0 Å². The Hall–Kier alpha value is -4.20. The standard InChI is InChI=1S/C25H36N4O10/c1-13(2)10-19(25(38)39)29-22(35)17(8-9-21(33)34)27-23(36)18(11-15-4-6-16(32)7-5-15)28-24(37)20(12-30)26-14(3)31/h4-7,13,17-20,30,32H,8-12H2,1-3H3,(H,26,31)(H,27,36)(H,28,37)(H,29,35)(H,33,34)(H,38,39). The second-order valence-electron chi connectivity index (χ2n) is 9.39. The molecule has 1 aromatic rings. The van der Waals surface area contributed by atoms with E-state index in [0.29, 0.717) is 5.56 Å². The maximum Gasteiger partial charge on any atom is 0.326 e. The first kappa shape index (κ1) is 32.8. The van der Waals surface area contributed by atoms with Crippen molar-refractivity contribution in [2.24, 2.45) is 5.92 Å². The number of hydrogen-bond acceptors (Lipinski definition) is 8. The van der Waals surface area contributed by atoms with Gasteiger partial charge in [0.2, 0.25) is 23.6 Å². The number of carboxylic acid groups (broad SMARTS) is 2. The molecule has 4 unspecified atom stereocenters. The van der Waals surface area contributed by atoms with Crippen molar-refractivity contribution in [3.8, 4) is 5.75 Å². The van der Waals surface area contributed by atoms with Crippen molar-refractivity contribution in [2.45, 2.75) is 70.6 Å². The highest BCUT2D eigenvalue weighted by molar-refractivity contribution is 5.95. The molecule has 1 rings (SSSR count). The molecule has 0 aliphatic heterocycles. The molecule has 0 aliphatic carbocycles. The molecule has 14 nitrogen and oxygen atoms in total. The number of aliphatic carboxylic acids is 2. The molecule has 0 radical (unpaired) electrons. The molecule has 216 valence electrons. The minimum Gasteiger partial charge on any atom is -0.508 e. The molecule has 0 spiro atoms. The maximum absolute atomic E-state index is 13.3. The number of carbonyl (C=O) groups excluding carboxylic acids is 4. The zero-order valence-corrected chi connectivity index (χ0v) is 22.0. The topological polar surface area (TPSA) is 231 Å². The van der Waals surface area contributed by atoms with E-state index in [9.17, 15) is 44.1 Å². The smallest absolute Gasteiger partial charge is 0.326 e. The Kier molecular flexibility index (Phi) is 13.4. The molecule has 0 heterocycles. The summed E-state index contributed by atoms with van der Waals surface area (Å²) >= 11 is 0. The molecule has 1 aromatic carbocycles. The summed E-state index contributed by atoms with van der Waals surface area (Å²) in [5, 5.41) is 46.9. The molecular weight excluding hydrogens is 516 g/mol. The van der Waals surface area contributed by atoms with Crippen LogP contribution in [0.5, 0.6) is 5.75 Å². The van der Waals surface area contributed by atoms with Gasteiger partial charge in [-0.15, -0.1) is 0 Å². The van der Waals surface area contributed by atoms with Crippen LogP contribution in [0, 0.1) is 5.92 Å². The van der Waals surface area contributed by atoms with Crippen LogP contribution in [0.2, 0.25) is 0 Å². The van der Waals surface area contributed by atoms with Gasteiger partial charge >= 0.3 is 11.9 Å². The van der Waals surface area contributed by atoms with E-state index in [1.54, 1.807) is 13.8 Å². The molecule has 0 aliphatic rings. The molecule has 8 N–H and O–H groups in total. The highest BCUT2D eigenvalue weighted by Crippen LogP contribution is 2.12. The van der Waals surface area contributed by atoms with Gasteiger partial charge in [-0.1, -0.05) is 26.0 Å². The number of amides is 4. The lowest BCUT2D eigenvalue weighted by Gasteiger charge is -2.26. The number of carboxylic acids is 2. The fraction of sp³-hybridized carbons (Fsp3) is 0.520. The van der Waals surface area contributed by atoms with E-state index in [2.05, 4.69) is 21.3 Å². The van der Waals surface area contributed by atoms with E-state index < -0.39 is 72.8 Å². The van der Waals surface area contributed by atoms with Crippen LogP contribution in [0.1, 0.15) is 45.6 Å². The molecule has 39 heavy (non-hydrogen) atoms. The van der Waals surface area contributed by atoms with Crippen LogP contribution >= 0.6 is 0 Å². The number of carbonyl (C=O) groups is 6. The summed E-state index contributed by atoms with van der Waals surface area (Å²) in [4.78, 5) is 73.0. The van der Waals surface area contributed by atoms with Crippen molar-refractivity contribution >= 4 is 35.6 Å². The molecule has 0 saturated heterocycles. The largest absolute Gasteiger partial charge is 0.508 e. The zero-order chi connectivity index (χ0) is 29.7. The van der Waals surface area contributed by atoms with E-state index in [-0.39, 0.29) is 30.9 Å². The quantitative estimate of drug-likeness (QED) is 0.123. The Balaban J connectivity index is 3.22. The average molecular weight is 553 g/mol. The van der Waals surface area contributed by atoms with Crippen LogP contribution in [-0.4, -0.2) is 86.8 Å². The summed E-state index contributed by atoms with van der Waals surface area (Å²) in [5.41, 5.74) is 0.489. The van der Waals surface area contributed by atoms with Crippen LogP contribution in [0.3, 0.4) is 0 Å². The van der Waals surface area contributed by atoms with Gasteiger partial charge in [0.25, 0.3) is 0 Å². The monoisotopic (exact) mass is 552 g/mol. The summed E-state index contributed by atoms with van der Waals surface area (Å²) in [6.07, 6.45) is -0.948. The van der Waals surface area contributed by atoms with E-state index in [1.807, 2.05) is 0 Å². The summed E-state index contributed by atoms with van der Waals surface area (Å²) < 4.78 is 0. The molecule has 0 saturated carbocycles. The fourth-order valence-corrected chi connectivity index (χ4v) is 3.56. The lowest BCUT2D eigenvalue weighted by Crippen LogP contribution is -2.58. The van der Waals surface area contributed by atoms with Crippen molar-refractivity contribution in [1.82, 2.24) is 21.3 Å². The Morgan fingerprint density at radius 2 is 1.28 bits per heavy atom. The third-order valence-electron chi connectivity index (χ3n) is 5.49. The van der Waals surface area contributed by atoms with Crippen molar-refractivity contribution < 1.29 is 49.2 Å². The van der Waals surface area contributed by atoms with Gasteiger partial charge in [-0.3, -0.25) is 24.0 Å². The Bertz CT molecular complexity index is 1030. The minimum atomic E-state index is -1.45. The van der Waals surface area contributed by atoms with E-state index in [1.165, 1.54) is 24.3 Å². The predicted molar refractivity (Wildman–Crippen MR) is 136 cm³/mol. The zero-order valence-electron chi connectivity index (χ0n) is 22.0. The minimum absolute atomic E-state index is 0.0467.